The Bertz CT molecular complexity index is 1600. The summed E-state index contributed by atoms with van der Waals surface area (Å²) in [5, 5.41) is 11.5. The predicted molar refractivity (Wildman–Crippen MR) is 145 cm³/mol. The molecule has 3 aromatic carbocycles. The lowest BCUT2D eigenvalue weighted by atomic mass is 9.93. The topological polar surface area (TPSA) is 84.9 Å². The van der Waals surface area contributed by atoms with Crippen LogP contribution in [0.4, 0.5) is 23.7 Å². The second-order valence-electron chi connectivity index (χ2n) is 9.51. The highest BCUT2D eigenvalue weighted by molar-refractivity contribution is 7.14. The molecule has 1 amide bonds. The molecule has 1 aliphatic carbocycles. The smallest absolute Gasteiger partial charge is 0.412 e. The van der Waals surface area contributed by atoms with Crippen LogP contribution in [0.5, 0.6) is 5.75 Å². The van der Waals surface area contributed by atoms with Crippen molar-refractivity contribution in [3.8, 4) is 27.3 Å². The molecule has 0 radical (unpaired) electrons. The fourth-order valence-electron chi connectivity index (χ4n) is 4.65. The lowest BCUT2D eigenvalue weighted by Crippen LogP contribution is -2.19. The van der Waals surface area contributed by atoms with Gasteiger partial charge in [-0.15, -0.1) is 11.3 Å². The van der Waals surface area contributed by atoms with E-state index in [1.807, 2.05) is 24.3 Å². The Morgan fingerprint density at radius 1 is 0.975 bits per heavy atom. The number of ether oxygens (including phenoxy) is 2. The van der Waals surface area contributed by atoms with Gasteiger partial charge in [0, 0.05) is 23.3 Å². The molecule has 0 aliphatic heterocycles. The molecule has 10 heteroatoms. The Balaban J connectivity index is 1.36. The summed E-state index contributed by atoms with van der Waals surface area (Å²) in [6.07, 6.45) is -0.733. The van der Waals surface area contributed by atoms with Gasteiger partial charge in [-0.25, -0.2) is 13.6 Å². The third kappa shape index (κ3) is 5.27. The first kappa shape index (κ1) is 27.3. The van der Waals surface area contributed by atoms with E-state index in [-0.39, 0.29) is 11.3 Å². The number of halogens is 3. The van der Waals surface area contributed by atoms with Gasteiger partial charge in [0.1, 0.15) is 23.5 Å². The maximum absolute atomic E-state index is 14.3. The minimum Gasteiger partial charge on any atom is -0.496 e. The first-order valence-corrected chi connectivity index (χ1v) is 13.2. The van der Waals surface area contributed by atoms with Crippen LogP contribution in [-0.2, 0) is 14.9 Å². The maximum atomic E-state index is 14.3. The second kappa shape index (κ2) is 10.7. The number of thiophene rings is 1. The number of amides is 1. The Morgan fingerprint density at radius 3 is 2.30 bits per heavy atom. The summed E-state index contributed by atoms with van der Waals surface area (Å²) < 4.78 is 52.5. The van der Waals surface area contributed by atoms with Gasteiger partial charge in [0.25, 0.3) is 0 Å². The van der Waals surface area contributed by atoms with Crippen LogP contribution in [0.2, 0.25) is 0 Å². The van der Waals surface area contributed by atoms with Crippen molar-refractivity contribution in [3.63, 3.8) is 0 Å². The number of carboxylic acids is 1. The largest absolute Gasteiger partial charge is 0.496 e. The predicted octanol–water partition coefficient (Wildman–Crippen LogP) is 7.93. The van der Waals surface area contributed by atoms with Crippen molar-refractivity contribution >= 4 is 29.1 Å². The van der Waals surface area contributed by atoms with Gasteiger partial charge in [0.2, 0.25) is 0 Å². The number of methoxy groups -OCH3 is 1. The Hall–Kier alpha value is -4.31. The van der Waals surface area contributed by atoms with Crippen LogP contribution < -0.4 is 10.1 Å². The van der Waals surface area contributed by atoms with Crippen LogP contribution >= 0.6 is 11.3 Å². The van der Waals surface area contributed by atoms with E-state index in [1.165, 1.54) is 20.1 Å². The molecule has 206 valence electrons. The van der Waals surface area contributed by atoms with Gasteiger partial charge >= 0.3 is 12.1 Å². The quantitative estimate of drug-likeness (QED) is 0.226. The number of carboxylic acid groups (broad SMARTS) is 1. The molecule has 5 rings (SSSR count). The van der Waals surface area contributed by atoms with Crippen molar-refractivity contribution in [3.05, 3.63) is 94.6 Å². The van der Waals surface area contributed by atoms with Gasteiger partial charge in [-0.3, -0.25) is 10.1 Å². The molecule has 4 aromatic rings. The average Bonchev–Trinajstić information content (AvgIpc) is 3.66. The Labute approximate surface area is 232 Å². The standard InChI is InChI=1S/C30H24F3NO5S/c1-16(21-10-8-20(31)14-23(21)32)39-29(37)34-24-15-26(33)40-27(24)18-5-9-22(25(13-18)38-2)17-3-6-19(7-4-17)30(11-12-30)28(35)36/h3-10,13-16H,11-12H2,1-2H3,(H,34,37)(H,35,36)/t16-/m1/s1. The number of anilines is 1. The Morgan fingerprint density at radius 2 is 1.68 bits per heavy atom. The summed E-state index contributed by atoms with van der Waals surface area (Å²) in [5.41, 5.74) is 2.24. The summed E-state index contributed by atoms with van der Waals surface area (Å²) in [7, 11) is 1.50. The lowest BCUT2D eigenvalue weighted by Gasteiger charge is -2.16. The highest BCUT2D eigenvalue weighted by atomic mass is 32.1. The monoisotopic (exact) mass is 567 g/mol. The number of carbonyl (C=O) groups excluding carboxylic acids is 1. The van der Waals surface area contributed by atoms with Crippen molar-refractivity contribution in [2.45, 2.75) is 31.3 Å². The van der Waals surface area contributed by atoms with Gasteiger partial charge in [0.05, 0.1) is 23.1 Å². The third-order valence-electron chi connectivity index (χ3n) is 6.99. The van der Waals surface area contributed by atoms with Crippen LogP contribution in [0.15, 0.2) is 66.7 Å². The lowest BCUT2D eigenvalue weighted by molar-refractivity contribution is -0.140. The van der Waals surface area contributed by atoms with Gasteiger partial charge < -0.3 is 14.6 Å². The number of benzene rings is 3. The van der Waals surface area contributed by atoms with Crippen molar-refractivity contribution in [1.82, 2.24) is 0 Å². The minimum absolute atomic E-state index is 0.00288. The maximum Gasteiger partial charge on any atom is 0.412 e. The molecule has 1 aromatic heterocycles. The van der Waals surface area contributed by atoms with E-state index in [0.29, 0.717) is 35.1 Å². The molecule has 1 saturated carbocycles. The summed E-state index contributed by atoms with van der Waals surface area (Å²) in [5.74, 6) is -1.93. The highest BCUT2D eigenvalue weighted by Crippen LogP contribution is 2.49. The van der Waals surface area contributed by atoms with Crippen LogP contribution in [0.1, 0.15) is 37.0 Å². The summed E-state index contributed by atoms with van der Waals surface area (Å²) in [6.45, 7) is 1.44. The zero-order valence-electron chi connectivity index (χ0n) is 21.5. The minimum atomic E-state index is -1.02. The molecule has 40 heavy (non-hydrogen) atoms. The summed E-state index contributed by atoms with van der Waals surface area (Å²) >= 11 is 0.814. The number of hydrogen-bond acceptors (Lipinski definition) is 5. The number of hydrogen-bond donors (Lipinski definition) is 2. The Kier molecular flexibility index (Phi) is 7.29. The van der Waals surface area contributed by atoms with E-state index in [9.17, 15) is 27.9 Å². The molecule has 1 atom stereocenters. The molecule has 6 nitrogen and oxygen atoms in total. The molecule has 0 bridgehead atoms. The fraction of sp³-hybridized carbons (Fsp3) is 0.200. The van der Waals surface area contributed by atoms with Crippen molar-refractivity contribution < 1.29 is 37.3 Å². The molecule has 0 spiro atoms. The SMILES string of the molecule is COc1cc(-c2sc(F)cc2NC(=O)O[C@H](C)c2ccc(F)cc2F)ccc1-c1ccc(C2(C(=O)O)CC2)cc1. The highest BCUT2D eigenvalue weighted by Gasteiger charge is 2.51. The van der Waals surface area contributed by atoms with Crippen molar-refractivity contribution in [1.29, 1.82) is 0 Å². The van der Waals surface area contributed by atoms with Gasteiger partial charge in [-0.1, -0.05) is 36.4 Å². The zero-order valence-corrected chi connectivity index (χ0v) is 22.3. The molecule has 1 fully saturated rings. The molecule has 2 N–H and O–H groups in total. The van der Waals surface area contributed by atoms with Crippen molar-refractivity contribution in [2.75, 3.05) is 12.4 Å². The summed E-state index contributed by atoms with van der Waals surface area (Å²) in [4.78, 5) is 24.6. The molecule has 0 unspecified atom stereocenters. The number of aliphatic carboxylic acids is 1. The van der Waals surface area contributed by atoms with Gasteiger partial charge in [0.15, 0.2) is 5.13 Å². The van der Waals surface area contributed by atoms with E-state index in [1.54, 1.807) is 18.2 Å². The summed E-state index contributed by atoms with van der Waals surface area (Å²) in [6, 6.07) is 16.7. The van der Waals surface area contributed by atoms with Crippen molar-refractivity contribution in [2.24, 2.45) is 0 Å². The van der Waals surface area contributed by atoms with Crippen LogP contribution in [0.25, 0.3) is 21.6 Å². The zero-order chi connectivity index (χ0) is 28.6. The van der Waals surface area contributed by atoms with Crippen LogP contribution in [-0.4, -0.2) is 24.3 Å². The molecular weight excluding hydrogens is 543 g/mol. The average molecular weight is 568 g/mol. The van der Waals surface area contributed by atoms with E-state index in [2.05, 4.69) is 5.32 Å². The first-order chi connectivity index (χ1) is 19.1. The van der Waals surface area contributed by atoms with Gasteiger partial charge in [-0.05, 0) is 54.7 Å². The number of rotatable bonds is 8. The normalized spacial score (nSPS) is 14.3. The first-order valence-electron chi connectivity index (χ1n) is 12.4. The van der Waals surface area contributed by atoms with E-state index in [4.69, 9.17) is 9.47 Å². The van der Waals surface area contributed by atoms with Crippen LogP contribution in [0.3, 0.4) is 0 Å². The van der Waals surface area contributed by atoms with E-state index in [0.717, 1.165) is 40.2 Å². The fourth-order valence-corrected chi connectivity index (χ4v) is 5.49. The molecular formula is C30H24F3NO5S. The van der Waals surface area contributed by atoms with Crippen LogP contribution in [0, 0.1) is 16.8 Å². The molecule has 1 heterocycles. The number of carbonyl (C=O) groups is 2. The third-order valence-corrected chi connectivity index (χ3v) is 7.97. The van der Waals surface area contributed by atoms with Gasteiger partial charge in [-0.2, -0.15) is 4.39 Å². The molecule has 1 aliphatic rings. The number of nitrogens with one attached hydrogen (secondary N) is 1. The van der Waals surface area contributed by atoms with E-state index >= 15 is 0 Å². The van der Waals surface area contributed by atoms with E-state index < -0.39 is 40.3 Å². The second-order valence-corrected chi connectivity index (χ2v) is 10.5. The molecule has 0 saturated heterocycles.